The first-order valence-electron chi connectivity index (χ1n) is 8.00. The molecule has 0 aromatic rings. The molecule has 0 aliphatic carbocycles. The van der Waals surface area contributed by atoms with E-state index in [4.69, 9.17) is 16.5 Å². The average molecular weight is 622 g/mol. The third kappa shape index (κ3) is 10.6. The van der Waals surface area contributed by atoms with E-state index in [-0.39, 0.29) is 0 Å². The molecule has 24 heavy (non-hydrogen) atoms. The third-order valence-corrected chi connectivity index (χ3v) is 29.4. The number of hydrogen-bond acceptors (Lipinski definition) is 4. The van der Waals surface area contributed by atoms with Crippen molar-refractivity contribution in [2.45, 2.75) is 58.9 Å². The number of alkyl halides is 3. The molecule has 0 fully saturated rings. The quantitative estimate of drug-likeness (QED) is 0.218. The van der Waals surface area contributed by atoms with Crippen LogP contribution in [0.2, 0.25) is 58.9 Å². The normalized spacial score (nSPS) is 15.0. The van der Waals surface area contributed by atoms with Crippen LogP contribution in [0.25, 0.3) is 0 Å². The van der Waals surface area contributed by atoms with Gasteiger partial charge < -0.3 is 16.5 Å². The average Bonchev–Trinajstić information content (AvgIpc) is 2.29. The van der Waals surface area contributed by atoms with Gasteiger partial charge in [0.15, 0.2) is 8.32 Å². The van der Waals surface area contributed by atoms with E-state index < -0.39 is 42.3 Å². The predicted molar refractivity (Wildman–Crippen MR) is 127 cm³/mol. The van der Waals surface area contributed by atoms with Gasteiger partial charge in [-0.1, -0.05) is 47.8 Å². The summed E-state index contributed by atoms with van der Waals surface area (Å²) in [5.74, 6) is 0. The van der Waals surface area contributed by atoms with Gasteiger partial charge in [-0.25, -0.2) is 0 Å². The van der Waals surface area contributed by atoms with Crippen molar-refractivity contribution in [3.8, 4) is 0 Å². The molecule has 0 radical (unpaired) electrons. The zero-order chi connectivity index (χ0) is 19.4. The second-order valence-corrected chi connectivity index (χ2v) is 32.4. The van der Waals surface area contributed by atoms with Crippen LogP contribution in [0.15, 0.2) is 0 Å². The molecule has 0 aliphatic rings. The molecular formula is C12H33Br3O4Si5. The Bertz CT molecular complexity index is 392. The summed E-state index contributed by atoms with van der Waals surface area (Å²) in [6, 6.07) is 0. The van der Waals surface area contributed by atoms with Crippen molar-refractivity contribution >= 4 is 90.1 Å². The van der Waals surface area contributed by atoms with Gasteiger partial charge in [0.2, 0.25) is 8.32 Å². The molecule has 0 spiro atoms. The maximum absolute atomic E-state index is 6.58. The van der Waals surface area contributed by atoms with Crippen molar-refractivity contribution in [2.75, 3.05) is 14.9 Å². The molecule has 146 valence electrons. The predicted octanol–water partition coefficient (Wildman–Crippen LogP) is 5.74. The fourth-order valence-electron chi connectivity index (χ4n) is 2.69. The van der Waals surface area contributed by atoms with Gasteiger partial charge in [-0.2, -0.15) is 0 Å². The second-order valence-electron chi connectivity index (χ2n) is 8.30. The number of halogens is 3. The van der Waals surface area contributed by atoms with Gasteiger partial charge >= 0.3 is 25.7 Å². The van der Waals surface area contributed by atoms with E-state index in [2.05, 4.69) is 107 Å². The Balaban J connectivity index is 5.06. The molecule has 0 aromatic carbocycles. The molecule has 0 heterocycles. The molecule has 0 aromatic heterocycles. The van der Waals surface area contributed by atoms with Crippen LogP contribution in [-0.4, -0.2) is 57.2 Å². The lowest BCUT2D eigenvalue weighted by Gasteiger charge is -2.42. The lowest BCUT2D eigenvalue weighted by atomic mass is 11.8. The summed E-state index contributed by atoms with van der Waals surface area (Å²) < 4.78 is 25.9. The molecule has 0 amide bonds. The van der Waals surface area contributed by atoms with Crippen LogP contribution in [0.5, 0.6) is 0 Å². The molecule has 0 saturated heterocycles. The summed E-state index contributed by atoms with van der Waals surface area (Å²) >= 11 is 10.9. The SMILES string of the molecule is C[Si](C)(C)O[Si](C)(C)O[Si](C)(C)O[Si](C)(C)O[Si](CBr)(CBr)CBr. The van der Waals surface area contributed by atoms with Crippen LogP contribution in [0.4, 0.5) is 0 Å². The summed E-state index contributed by atoms with van der Waals surface area (Å²) in [7, 11) is -10.4. The van der Waals surface area contributed by atoms with Crippen molar-refractivity contribution in [1.82, 2.24) is 0 Å². The third-order valence-electron chi connectivity index (χ3n) is 2.73. The number of hydrogen-bond donors (Lipinski definition) is 0. The summed E-state index contributed by atoms with van der Waals surface area (Å²) in [6.07, 6.45) is 0. The largest absolute Gasteiger partial charge is 0.437 e. The molecule has 0 N–H and O–H groups in total. The summed E-state index contributed by atoms with van der Waals surface area (Å²) in [6.45, 7) is 19.3. The van der Waals surface area contributed by atoms with Crippen LogP contribution in [-0.2, 0) is 16.5 Å². The molecular weight excluding hydrogens is 588 g/mol. The smallest absolute Gasteiger partial charge is 0.314 e. The zero-order valence-electron chi connectivity index (χ0n) is 16.4. The van der Waals surface area contributed by atoms with Gasteiger partial charge in [-0.15, -0.1) is 0 Å². The van der Waals surface area contributed by atoms with Gasteiger partial charge in [-0.05, 0) is 58.9 Å². The first-order valence-corrected chi connectivity index (χ1v) is 25.7. The van der Waals surface area contributed by atoms with E-state index in [1.807, 2.05) is 0 Å². The van der Waals surface area contributed by atoms with Gasteiger partial charge in [0.1, 0.15) is 0 Å². The summed E-state index contributed by atoms with van der Waals surface area (Å²) in [4.78, 5) is 2.62. The highest BCUT2D eigenvalue weighted by molar-refractivity contribution is 9.11. The van der Waals surface area contributed by atoms with Gasteiger partial charge in [-0.3, -0.25) is 0 Å². The van der Waals surface area contributed by atoms with E-state index in [0.29, 0.717) is 0 Å². The molecule has 0 unspecified atom stereocenters. The Hall–Kier alpha value is 2.36. The van der Waals surface area contributed by atoms with Crippen molar-refractivity contribution in [3.05, 3.63) is 0 Å². The van der Waals surface area contributed by atoms with Crippen LogP contribution >= 0.6 is 47.8 Å². The Labute approximate surface area is 179 Å². The Morgan fingerprint density at radius 3 is 1.08 bits per heavy atom. The van der Waals surface area contributed by atoms with Gasteiger partial charge in [0.25, 0.3) is 0 Å². The lowest BCUT2D eigenvalue weighted by Crippen LogP contribution is -2.61. The second kappa shape index (κ2) is 9.72. The molecule has 12 heteroatoms. The van der Waals surface area contributed by atoms with Crippen LogP contribution in [0, 0.1) is 0 Å². The minimum Gasteiger partial charge on any atom is -0.437 e. The first kappa shape index (κ1) is 26.4. The summed E-state index contributed by atoms with van der Waals surface area (Å²) in [5, 5.41) is 0. The Morgan fingerprint density at radius 2 is 0.792 bits per heavy atom. The molecule has 0 bridgehead atoms. The molecule has 4 nitrogen and oxygen atoms in total. The highest BCUT2D eigenvalue weighted by Crippen LogP contribution is 2.27. The van der Waals surface area contributed by atoms with Gasteiger partial charge in [0, 0.05) is 14.9 Å². The summed E-state index contributed by atoms with van der Waals surface area (Å²) in [5.41, 5.74) is 0. The zero-order valence-corrected chi connectivity index (χ0v) is 26.1. The Morgan fingerprint density at radius 1 is 0.500 bits per heavy atom. The fourth-order valence-corrected chi connectivity index (χ4v) is 36.2. The molecule has 0 aliphatic heterocycles. The van der Waals surface area contributed by atoms with E-state index in [0.717, 1.165) is 14.9 Å². The van der Waals surface area contributed by atoms with E-state index in [1.54, 1.807) is 0 Å². The maximum Gasteiger partial charge on any atom is 0.314 e. The fraction of sp³-hybridized carbons (Fsp3) is 1.00. The van der Waals surface area contributed by atoms with Crippen LogP contribution in [0.1, 0.15) is 0 Å². The van der Waals surface area contributed by atoms with E-state index in [9.17, 15) is 0 Å². The van der Waals surface area contributed by atoms with Crippen LogP contribution in [0.3, 0.4) is 0 Å². The standard InChI is InChI=1S/C12H33Br3O4Si5/c1-20(2,3)16-21(4,5)17-22(6,7)18-23(8,9)19-24(10-13,11-14)12-15/h10-12H2,1-9H3. The Kier molecular flexibility index (Phi) is 10.7. The van der Waals surface area contributed by atoms with Crippen molar-refractivity contribution in [1.29, 1.82) is 0 Å². The minimum atomic E-state index is -2.34. The first-order chi connectivity index (χ1) is 10.5. The van der Waals surface area contributed by atoms with Crippen molar-refractivity contribution in [2.24, 2.45) is 0 Å². The maximum atomic E-state index is 6.58. The lowest BCUT2D eigenvalue weighted by molar-refractivity contribution is 0.299. The van der Waals surface area contributed by atoms with Crippen LogP contribution < -0.4 is 0 Å². The highest BCUT2D eigenvalue weighted by atomic mass is 79.9. The molecule has 0 atom stereocenters. The van der Waals surface area contributed by atoms with E-state index >= 15 is 0 Å². The van der Waals surface area contributed by atoms with Crippen molar-refractivity contribution < 1.29 is 16.5 Å². The van der Waals surface area contributed by atoms with Gasteiger partial charge in [0.05, 0.1) is 0 Å². The minimum absolute atomic E-state index is 0.873. The highest BCUT2D eigenvalue weighted by Gasteiger charge is 2.46. The monoisotopic (exact) mass is 618 g/mol. The molecule has 0 saturated carbocycles. The molecule has 0 rings (SSSR count). The van der Waals surface area contributed by atoms with Crippen molar-refractivity contribution in [3.63, 3.8) is 0 Å². The number of rotatable bonds is 11. The van der Waals surface area contributed by atoms with E-state index in [1.165, 1.54) is 0 Å². The topological polar surface area (TPSA) is 36.9 Å².